The highest BCUT2D eigenvalue weighted by molar-refractivity contribution is 7.89. The molecule has 4 heterocycles. The fourth-order valence-corrected chi connectivity index (χ4v) is 8.43. The van der Waals surface area contributed by atoms with Crippen molar-refractivity contribution >= 4 is 21.4 Å². The summed E-state index contributed by atoms with van der Waals surface area (Å²) in [4.78, 5) is 7.54. The largest absolute Gasteiger partial charge is 0.298 e. The van der Waals surface area contributed by atoms with Crippen LogP contribution < -0.4 is 0 Å². The van der Waals surface area contributed by atoms with Gasteiger partial charge in [-0.05, 0) is 83.3 Å². The molecule has 0 bridgehead atoms. The van der Waals surface area contributed by atoms with E-state index < -0.39 is 10.0 Å². The Morgan fingerprint density at radius 1 is 1.04 bits per heavy atom. The van der Waals surface area contributed by atoms with E-state index >= 15 is 0 Å². The number of likely N-dealkylation sites (tertiary alicyclic amines) is 2. The minimum absolute atomic E-state index is 0.331. The standard InChI is InChI=1S/C21H35N3O2S2/c1-2-21(23-13-5-6-14-23)28(25,26)24-15-7-8-18(16-24)20-10-9-19(27-20)17-22-11-3-4-12-22/h9-10,18,21H,2-8,11-17H2,1H3. The lowest BCUT2D eigenvalue weighted by atomic mass is 9.98. The number of nitrogens with zero attached hydrogens (tertiary/aromatic N) is 3. The van der Waals surface area contributed by atoms with Gasteiger partial charge in [-0.25, -0.2) is 8.42 Å². The van der Waals surface area contributed by atoms with E-state index in [0.717, 1.165) is 45.3 Å². The van der Waals surface area contributed by atoms with Gasteiger partial charge in [-0.3, -0.25) is 9.80 Å². The van der Waals surface area contributed by atoms with Crippen molar-refractivity contribution in [2.24, 2.45) is 0 Å². The minimum Gasteiger partial charge on any atom is -0.298 e. The SMILES string of the molecule is CCC(N1CCCC1)S(=O)(=O)N1CCCC(c2ccc(CN3CCCC3)s2)C1. The van der Waals surface area contributed by atoms with Crippen LogP contribution in [0.2, 0.25) is 0 Å². The summed E-state index contributed by atoms with van der Waals surface area (Å²) in [6.45, 7) is 8.73. The van der Waals surface area contributed by atoms with E-state index in [1.807, 2.05) is 22.6 Å². The molecule has 4 rings (SSSR count). The van der Waals surface area contributed by atoms with Crippen molar-refractivity contribution in [3.8, 4) is 0 Å². The number of hydrogen-bond acceptors (Lipinski definition) is 5. The molecule has 2 atom stereocenters. The second-order valence-electron chi connectivity index (χ2n) is 8.64. The lowest BCUT2D eigenvalue weighted by Gasteiger charge is -2.36. The summed E-state index contributed by atoms with van der Waals surface area (Å²) < 4.78 is 28.6. The Morgan fingerprint density at radius 2 is 1.75 bits per heavy atom. The van der Waals surface area contributed by atoms with Crippen LogP contribution in [0.25, 0.3) is 0 Å². The molecule has 3 fully saturated rings. The number of hydrogen-bond donors (Lipinski definition) is 0. The van der Waals surface area contributed by atoms with E-state index in [2.05, 4.69) is 21.9 Å². The van der Waals surface area contributed by atoms with E-state index in [-0.39, 0.29) is 5.37 Å². The van der Waals surface area contributed by atoms with Crippen LogP contribution in [0.3, 0.4) is 0 Å². The minimum atomic E-state index is -3.25. The fraction of sp³-hybridized carbons (Fsp3) is 0.810. The molecule has 7 heteroatoms. The third kappa shape index (κ3) is 4.48. The van der Waals surface area contributed by atoms with Gasteiger partial charge in [-0.2, -0.15) is 4.31 Å². The Kier molecular flexibility index (Phi) is 6.78. The molecule has 0 aromatic carbocycles. The first-order chi connectivity index (χ1) is 13.6. The maximum atomic E-state index is 13.4. The number of sulfonamides is 1. The normalized spacial score (nSPS) is 26.8. The van der Waals surface area contributed by atoms with Crippen molar-refractivity contribution in [1.82, 2.24) is 14.1 Å². The van der Waals surface area contributed by atoms with Crippen molar-refractivity contribution in [3.63, 3.8) is 0 Å². The summed E-state index contributed by atoms with van der Waals surface area (Å²) in [5.74, 6) is 0.358. The van der Waals surface area contributed by atoms with E-state index in [9.17, 15) is 8.42 Å². The zero-order chi connectivity index (χ0) is 19.6. The molecule has 3 aliphatic heterocycles. The molecule has 0 radical (unpaired) electrons. The molecule has 5 nitrogen and oxygen atoms in total. The zero-order valence-electron chi connectivity index (χ0n) is 17.2. The van der Waals surface area contributed by atoms with Crippen LogP contribution in [-0.2, 0) is 16.6 Å². The van der Waals surface area contributed by atoms with Crippen LogP contribution in [0.5, 0.6) is 0 Å². The molecule has 0 aliphatic carbocycles. The number of rotatable bonds is 7. The van der Waals surface area contributed by atoms with Gasteiger partial charge < -0.3 is 0 Å². The third-order valence-corrected chi connectivity index (χ3v) is 10.3. The Labute approximate surface area is 174 Å². The monoisotopic (exact) mass is 425 g/mol. The zero-order valence-corrected chi connectivity index (χ0v) is 18.8. The van der Waals surface area contributed by atoms with E-state index in [1.165, 1.54) is 35.7 Å². The topological polar surface area (TPSA) is 43.9 Å². The Hall–Kier alpha value is -0.470. The van der Waals surface area contributed by atoms with Gasteiger partial charge in [0.2, 0.25) is 10.0 Å². The van der Waals surface area contributed by atoms with Crippen LogP contribution >= 0.6 is 11.3 Å². The van der Waals surface area contributed by atoms with E-state index in [4.69, 9.17) is 0 Å². The quantitative estimate of drug-likeness (QED) is 0.668. The molecule has 0 N–H and O–H groups in total. The number of piperidine rings is 1. The van der Waals surface area contributed by atoms with Crippen LogP contribution in [0.15, 0.2) is 12.1 Å². The van der Waals surface area contributed by atoms with Gasteiger partial charge in [-0.1, -0.05) is 6.92 Å². The first-order valence-corrected chi connectivity index (χ1v) is 13.4. The van der Waals surface area contributed by atoms with Gasteiger partial charge >= 0.3 is 0 Å². The summed E-state index contributed by atoms with van der Waals surface area (Å²) >= 11 is 1.90. The second kappa shape index (κ2) is 9.13. The molecule has 0 saturated carbocycles. The second-order valence-corrected chi connectivity index (χ2v) is 11.9. The van der Waals surface area contributed by atoms with Crippen LogP contribution in [-0.4, -0.2) is 67.2 Å². The van der Waals surface area contributed by atoms with Gasteiger partial charge in [0.1, 0.15) is 5.37 Å². The smallest absolute Gasteiger partial charge is 0.230 e. The lowest BCUT2D eigenvalue weighted by molar-refractivity contribution is 0.263. The summed E-state index contributed by atoms with van der Waals surface area (Å²) in [7, 11) is -3.25. The molecule has 0 amide bonds. The van der Waals surface area contributed by atoms with Crippen LogP contribution in [0.1, 0.15) is 67.5 Å². The van der Waals surface area contributed by atoms with Gasteiger partial charge in [-0.15, -0.1) is 11.3 Å². The molecule has 158 valence electrons. The summed E-state index contributed by atoms with van der Waals surface area (Å²) in [5.41, 5.74) is 0. The predicted octanol–water partition coefficient (Wildman–Crippen LogP) is 3.69. The van der Waals surface area contributed by atoms with Crippen LogP contribution in [0.4, 0.5) is 0 Å². The lowest BCUT2D eigenvalue weighted by Crippen LogP contribution is -2.49. The fourth-order valence-electron chi connectivity index (χ4n) is 5.12. The van der Waals surface area contributed by atoms with Crippen molar-refractivity contribution in [3.05, 3.63) is 21.9 Å². The Morgan fingerprint density at radius 3 is 2.46 bits per heavy atom. The Bertz CT molecular complexity index is 737. The first kappa shape index (κ1) is 20.8. The maximum Gasteiger partial charge on any atom is 0.230 e. The highest BCUT2D eigenvalue weighted by Crippen LogP contribution is 2.35. The number of thiophene rings is 1. The van der Waals surface area contributed by atoms with Crippen molar-refractivity contribution in [2.45, 2.75) is 69.7 Å². The van der Waals surface area contributed by atoms with Crippen LogP contribution in [0, 0.1) is 0 Å². The van der Waals surface area contributed by atoms with Crippen molar-refractivity contribution < 1.29 is 8.42 Å². The molecular formula is C21H35N3O2S2. The van der Waals surface area contributed by atoms with E-state index in [1.54, 1.807) is 0 Å². The maximum absolute atomic E-state index is 13.4. The Balaban J connectivity index is 1.42. The summed E-state index contributed by atoms with van der Waals surface area (Å²) in [5, 5.41) is -0.331. The highest BCUT2D eigenvalue weighted by atomic mass is 32.2. The predicted molar refractivity (Wildman–Crippen MR) is 116 cm³/mol. The molecule has 3 aliphatic rings. The van der Waals surface area contributed by atoms with Gasteiger partial charge in [0, 0.05) is 35.3 Å². The molecule has 1 aromatic heterocycles. The van der Waals surface area contributed by atoms with Gasteiger partial charge in [0.25, 0.3) is 0 Å². The third-order valence-electron chi connectivity index (χ3n) is 6.65. The molecule has 2 unspecified atom stereocenters. The average Bonchev–Trinajstić information content (AvgIpc) is 3.46. The molecule has 0 spiro atoms. The molecule has 28 heavy (non-hydrogen) atoms. The molecular weight excluding hydrogens is 390 g/mol. The highest BCUT2D eigenvalue weighted by Gasteiger charge is 2.38. The van der Waals surface area contributed by atoms with Gasteiger partial charge in [0.15, 0.2) is 0 Å². The van der Waals surface area contributed by atoms with Gasteiger partial charge in [0.05, 0.1) is 0 Å². The first-order valence-electron chi connectivity index (χ1n) is 11.1. The summed E-state index contributed by atoms with van der Waals surface area (Å²) in [6, 6.07) is 4.53. The molecule has 1 aromatic rings. The molecule has 3 saturated heterocycles. The average molecular weight is 426 g/mol. The summed E-state index contributed by atoms with van der Waals surface area (Å²) in [6.07, 6.45) is 7.66. The van der Waals surface area contributed by atoms with Crippen molar-refractivity contribution in [2.75, 3.05) is 39.3 Å². The van der Waals surface area contributed by atoms with Crippen molar-refractivity contribution in [1.29, 1.82) is 0 Å². The van der Waals surface area contributed by atoms with E-state index in [0.29, 0.717) is 25.4 Å².